The van der Waals surface area contributed by atoms with E-state index >= 15 is 0 Å². The van der Waals surface area contributed by atoms with Gasteiger partial charge in [-0.15, -0.1) is 11.8 Å². The monoisotopic (exact) mass is 396 g/mol. The fourth-order valence-electron chi connectivity index (χ4n) is 2.68. The highest BCUT2D eigenvalue weighted by Crippen LogP contribution is 2.26. The van der Waals surface area contributed by atoms with Gasteiger partial charge in [0.25, 0.3) is 0 Å². The standard InChI is InChI=1S/C21H24N4O2S/c1-3-16-8-4-5-9-17(16)23-20(26)14-25(2)15-21(27)24-18-10-6-7-11-19(18)28-13-12-22/h4-11H,3,13-15H2,1-2H3,(H,23,26)(H,24,27). The first-order valence-electron chi connectivity index (χ1n) is 8.98. The summed E-state index contributed by atoms with van der Waals surface area (Å²) in [6.07, 6.45) is 0.831. The fourth-order valence-corrected chi connectivity index (χ4v) is 3.35. The van der Waals surface area contributed by atoms with Crippen LogP contribution in [0, 0.1) is 11.3 Å². The van der Waals surface area contributed by atoms with Crippen molar-refractivity contribution in [3.05, 3.63) is 54.1 Å². The molecule has 0 aliphatic heterocycles. The first-order valence-corrected chi connectivity index (χ1v) is 9.97. The van der Waals surface area contributed by atoms with Gasteiger partial charge < -0.3 is 10.6 Å². The summed E-state index contributed by atoms with van der Waals surface area (Å²) in [6.45, 7) is 2.23. The lowest BCUT2D eigenvalue weighted by Crippen LogP contribution is -2.36. The molecule has 28 heavy (non-hydrogen) atoms. The predicted molar refractivity (Wildman–Crippen MR) is 113 cm³/mol. The van der Waals surface area contributed by atoms with Gasteiger partial charge in [-0.1, -0.05) is 37.3 Å². The van der Waals surface area contributed by atoms with Gasteiger partial charge in [0.1, 0.15) is 0 Å². The Kier molecular flexibility index (Phi) is 8.53. The lowest BCUT2D eigenvalue weighted by atomic mass is 10.1. The largest absolute Gasteiger partial charge is 0.325 e. The molecular weight excluding hydrogens is 372 g/mol. The Hall–Kier alpha value is -2.82. The van der Waals surface area contributed by atoms with Gasteiger partial charge in [-0.05, 0) is 37.2 Å². The van der Waals surface area contributed by atoms with Crippen LogP contribution in [0.3, 0.4) is 0 Å². The van der Waals surface area contributed by atoms with Crippen molar-refractivity contribution in [2.45, 2.75) is 18.2 Å². The summed E-state index contributed by atoms with van der Waals surface area (Å²) < 4.78 is 0. The molecule has 2 rings (SSSR count). The first-order chi connectivity index (χ1) is 13.5. The molecule has 0 fully saturated rings. The van der Waals surface area contributed by atoms with Crippen LogP contribution in [0.4, 0.5) is 11.4 Å². The van der Waals surface area contributed by atoms with Crippen molar-refractivity contribution in [1.29, 1.82) is 5.26 Å². The van der Waals surface area contributed by atoms with Crippen molar-refractivity contribution in [2.75, 3.05) is 36.5 Å². The average molecular weight is 397 g/mol. The predicted octanol–water partition coefficient (Wildman–Crippen LogP) is 3.37. The normalized spacial score (nSPS) is 10.4. The molecule has 0 unspecified atom stereocenters. The van der Waals surface area contributed by atoms with Crippen molar-refractivity contribution in [2.24, 2.45) is 0 Å². The molecule has 0 aromatic heterocycles. The lowest BCUT2D eigenvalue weighted by molar-refractivity contribution is -0.119. The number of amides is 2. The van der Waals surface area contributed by atoms with E-state index in [1.54, 1.807) is 18.0 Å². The molecule has 0 aliphatic carbocycles. The average Bonchev–Trinajstić information content (AvgIpc) is 2.67. The van der Waals surface area contributed by atoms with Crippen molar-refractivity contribution in [3.8, 4) is 6.07 Å². The summed E-state index contributed by atoms with van der Waals surface area (Å²) in [5.74, 6) is -0.0675. The second kappa shape index (κ2) is 11.1. The van der Waals surface area contributed by atoms with Crippen molar-refractivity contribution < 1.29 is 9.59 Å². The SMILES string of the molecule is CCc1ccccc1NC(=O)CN(C)CC(=O)Nc1ccccc1SCC#N. The van der Waals surface area contributed by atoms with Crippen LogP contribution in [0.2, 0.25) is 0 Å². The molecule has 0 bridgehead atoms. The van der Waals surface area contributed by atoms with Gasteiger partial charge in [0.2, 0.25) is 11.8 Å². The van der Waals surface area contributed by atoms with Crippen LogP contribution in [0.1, 0.15) is 12.5 Å². The third kappa shape index (κ3) is 6.72. The third-order valence-corrected chi connectivity index (χ3v) is 4.89. The Morgan fingerprint density at radius 1 is 1.00 bits per heavy atom. The summed E-state index contributed by atoms with van der Waals surface area (Å²) in [7, 11) is 1.72. The number of thioether (sulfide) groups is 1. The molecule has 0 aliphatic rings. The fraction of sp³-hybridized carbons (Fsp3) is 0.286. The van der Waals surface area contributed by atoms with Crippen LogP contribution in [-0.4, -0.2) is 42.6 Å². The number of carbonyl (C=O) groups excluding carboxylic acids is 2. The van der Waals surface area contributed by atoms with E-state index in [2.05, 4.69) is 16.7 Å². The van der Waals surface area contributed by atoms with E-state index < -0.39 is 0 Å². The number of hydrogen-bond donors (Lipinski definition) is 2. The molecule has 7 heteroatoms. The summed E-state index contributed by atoms with van der Waals surface area (Å²) in [4.78, 5) is 27.1. The van der Waals surface area contributed by atoms with Crippen LogP contribution < -0.4 is 10.6 Å². The zero-order valence-corrected chi connectivity index (χ0v) is 16.9. The summed E-state index contributed by atoms with van der Waals surface area (Å²) >= 11 is 1.37. The van der Waals surface area contributed by atoms with Gasteiger partial charge in [0, 0.05) is 10.6 Å². The summed E-state index contributed by atoms with van der Waals surface area (Å²) in [5.41, 5.74) is 2.54. The van der Waals surface area contributed by atoms with Gasteiger partial charge in [-0.2, -0.15) is 5.26 Å². The lowest BCUT2D eigenvalue weighted by Gasteiger charge is -2.17. The van der Waals surface area contributed by atoms with Crippen LogP contribution in [0.15, 0.2) is 53.4 Å². The number of rotatable bonds is 9. The minimum atomic E-state index is -0.214. The number of carbonyl (C=O) groups is 2. The molecule has 0 saturated heterocycles. The van der Waals surface area contributed by atoms with Gasteiger partial charge in [-0.25, -0.2) is 0 Å². The second-order valence-electron chi connectivity index (χ2n) is 6.22. The number of likely N-dealkylation sites (N-methyl/N-ethyl adjacent to an activating group) is 1. The molecule has 0 atom stereocenters. The van der Waals surface area contributed by atoms with E-state index in [1.165, 1.54) is 11.8 Å². The third-order valence-electron chi connectivity index (χ3n) is 3.95. The Balaban J connectivity index is 1.87. The quantitative estimate of drug-likeness (QED) is 0.635. The smallest absolute Gasteiger partial charge is 0.238 e. The maximum atomic E-state index is 12.3. The Bertz CT molecular complexity index is 863. The molecule has 2 amide bonds. The highest BCUT2D eigenvalue weighted by Gasteiger charge is 2.13. The number of benzene rings is 2. The van der Waals surface area contributed by atoms with Crippen LogP contribution in [0.25, 0.3) is 0 Å². The molecule has 2 aromatic rings. The summed E-state index contributed by atoms with van der Waals surface area (Å²) in [6, 6.07) is 17.1. The molecule has 0 saturated carbocycles. The molecule has 0 spiro atoms. The Morgan fingerprint density at radius 3 is 2.21 bits per heavy atom. The van der Waals surface area contributed by atoms with E-state index in [1.807, 2.05) is 49.4 Å². The highest BCUT2D eigenvalue weighted by molar-refractivity contribution is 7.99. The highest BCUT2D eigenvalue weighted by atomic mass is 32.2. The number of nitrogens with one attached hydrogen (secondary N) is 2. The van der Waals surface area contributed by atoms with Gasteiger partial charge in [-0.3, -0.25) is 14.5 Å². The van der Waals surface area contributed by atoms with Gasteiger partial charge in [0.05, 0.1) is 30.6 Å². The van der Waals surface area contributed by atoms with Crippen molar-refractivity contribution in [3.63, 3.8) is 0 Å². The van der Waals surface area contributed by atoms with E-state index in [4.69, 9.17) is 5.26 Å². The molecule has 2 N–H and O–H groups in total. The molecule has 0 radical (unpaired) electrons. The minimum Gasteiger partial charge on any atom is -0.325 e. The van der Waals surface area contributed by atoms with Crippen molar-refractivity contribution in [1.82, 2.24) is 4.90 Å². The summed E-state index contributed by atoms with van der Waals surface area (Å²) in [5, 5.41) is 14.5. The van der Waals surface area contributed by atoms with E-state index in [0.29, 0.717) is 11.4 Å². The van der Waals surface area contributed by atoms with E-state index in [-0.39, 0.29) is 24.9 Å². The molecule has 2 aromatic carbocycles. The van der Waals surface area contributed by atoms with Crippen LogP contribution in [0.5, 0.6) is 0 Å². The van der Waals surface area contributed by atoms with Gasteiger partial charge in [0.15, 0.2) is 0 Å². The van der Waals surface area contributed by atoms with Crippen LogP contribution in [-0.2, 0) is 16.0 Å². The zero-order chi connectivity index (χ0) is 20.4. The first kappa shape index (κ1) is 21.5. The number of para-hydroxylation sites is 2. The topological polar surface area (TPSA) is 85.2 Å². The second-order valence-corrected chi connectivity index (χ2v) is 7.24. The number of anilines is 2. The molecule has 0 heterocycles. The Labute approximate surface area is 169 Å². The zero-order valence-electron chi connectivity index (χ0n) is 16.1. The van der Waals surface area contributed by atoms with E-state index in [9.17, 15) is 9.59 Å². The molecular formula is C21H24N4O2S. The number of hydrogen-bond acceptors (Lipinski definition) is 5. The minimum absolute atomic E-state index is 0.0834. The van der Waals surface area contributed by atoms with Gasteiger partial charge >= 0.3 is 0 Å². The molecule has 146 valence electrons. The number of nitrogens with zero attached hydrogens (tertiary/aromatic N) is 2. The Morgan fingerprint density at radius 2 is 1.57 bits per heavy atom. The van der Waals surface area contributed by atoms with E-state index in [0.717, 1.165) is 22.6 Å². The number of aryl methyl sites for hydroxylation is 1. The number of nitriles is 1. The van der Waals surface area contributed by atoms with Crippen molar-refractivity contribution >= 4 is 35.0 Å². The van der Waals surface area contributed by atoms with Crippen LogP contribution >= 0.6 is 11.8 Å². The molecule has 6 nitrogen and oxygen atoms in total. The maximum absolute atomic E-state index is 12.3. The maximum Gasteiger partial charge on any atom is 0.238 e.